The largest absolute Gasteiger partial charge is 0.298 e. The number of hydrogen-bond acceptors (Lipinski definition) is 4. The van der Waals surface area contributed by atoms with E-state index in [1.54, 1.807) is 0 Å². The van der Waals surface area contributed by atoms with Crippen molar-refractivity contribution in [1.29, 1.82) is 0 Å². The summed E-state index contributed by atoms with van der Waals surface area (Å²) in [6, 6.07) is 0.555. The first-order valence-corrected chi connectivity index (χ1v) is 6.05. The Balaban J connectivity index is 2.32. The summed E-state index contributed by atoms with van der Waals surface area (Å²) >= 11 is 2.00. The second-order valence-corrected chi connectivity index (χ2v) is 5.16. The van der Waals surface area contributed by atoms with E-state index >= 15 is 0 Å². The number of rotatable bonds is 3. The monoisotopic (exact) mass is 217 g/mol. The number of carbonyl (C=O) groups excluding carboxylic acids is 1. The van der Waals surface area contributed by atoms with Gasteiger partial charge in [-0.15, -0.1) is 0 Å². The number of hydrazine groups is 1. The predicted octanol–water partition coefficient (Wildman–Crippen LogP) is 0.192. The van der Waals surface area contributed by atoms with Gasteiger partial charge in [-0.1, -0.05) is 6.92 Å². The van der Waals surface area contributed by atoms with Crippen LogP contribution < -0.4 is 11.3 Å². The first-order valence-electron chi connectivity index (χ1n) is 5.00. The predicted molar refractivity (Wildman–Crippen MR) is 59.9 cm³/mol. The molecule has 3 N–H and O–H groups in total. The average Bonchev–Trinajstić information content (AvgIpc) is 2.20. The van der Waals surface area contributed by atoms with Crippen LogP contribution in [0.3, 0.4) is 0 Å². The summed E-state index contributed by atoms with van der Waals surface area (Å²) < 4.78 is 0. The molecule has 1 aliphatic heterocycles. The molecular formula is C9H19N3OS. The Morgan fingerprint density at radius 1 is 1.64 bits per heavy atom. The van der Waals surface area contributed by atoms with Crippen LogP contribution in [0.4, 0.5) is 0 Å². The van der Waals surface area contributed by atoms with Crippen molar-refractivity contribution in [2.75, 3.05) is 18.8 Å². The molecule has 0 radical (unpaired) electrons. The Morgan fingerprint density at radius 2 is 2.36 bits per heavy atom. The van der Waals surface area contributed by atoms with Gasteiger partial charge in [0.1, 0.15) is 0 Å². The number of hydrogen-bond donors (Lipinski definition) is 2. The van der Waals surface area contributed by atoms with Gasteiger partial charge < -0.3 is 0 Å². The lowest BCUT2D eigenvalue weighted by atomic mass is 10.2. The van der Waals surface area contributed by atoms with Crippen LogP contribution in [-0.4, -0.2) is 40.9 Å². The summed E-state index contributed by atoms with van der Waals surface area (Å²) in [4.78, 5) is 13.3. The standard InChI is InChI=1S/C9H19N3OS/c1-7-8(2)14-6-5-12(7)4-3-9(13)11-10/h7-8H,3-6,10H2,1-2H3,(H,11,13). The third-order valence-corrected chi connectivity index (χ3v) is 4.14. The summed E-state index contributed by atoms with van der Waals surface area (Å²) in [6.45, 7) is 6.35. The minimum Gasteiger partial charge on any atom is -0.298 e. The summed E-state index contributed by atoms with van der Waals surface area (Å²) in [6.07, 6.45) is 0.498. The summed E-state index contributed by atoms with van der Waals surface area (Å²) in [5.74, 6) is 6.11. The van der Waals surface area contributed by atoms with Gasteiger partial charge in [0.15, 0.2) is 0 Å². The number of nitrogens with two attached hydrogens (primary N) is 1. The fourth-order valence-corrected chi connectivity index (χ4v) is 2.79. The Bertz CT molecular complexity index is 200. The third kappa shape index (κ3) is 3.15. The zero-order valence-corrected chi connectivity index (χ0v) is 9.64. The first kappa shape index (κ1) is 11.8. The van der Waals surface area contributed by atoms with Crippen LogP contribution >= 0.6 is 11.8 Å². The average molecular weight is 217 g/mol. The summed E-state index contributed by atoms with van der Waals surface area (Å²) in [5, 5.41) is 0.657. The SMILES string of the molecule is CC1SCCN(CCC(=O)NN)C1C. The highest BCUT2D eigenvalue weighted by Crippen LogP contribution is 2.23. The summed E-state index contributed by atoms with van der Waals surface area (Å²) in [5.41, 5.74) is 2.16. The zero-order valence-electron chi connectivity index (χ0n) is 8.82. The lowest BCUT2D eigenvalue weighted by Gasteiger charge is -2.37. The second kappa shape index (κ2) is 5.58. The van der Waals surface area contributed by atoms with E-state index in [0.29, 0.717) is 17.7 Å². The highest BCUT2D eigenvalue weighted by atomic mass is 32.2. The molecule has 1 fully saturated rings. The highest BCUT2D eigenvalue weighted by molar-refractivity contribution is 8.00. The van der Waals surface area contributed by atoms with Crippen molar-refractivity contribution in [3.8, 4) is 0 Å². The van der Waals surface area contributed by atoms with Gasteiger partial charge in [0, 0.05) is 36.6 Å². The molecule has 0 aromatic carbocycles. The topological polar surface area (TPSA) is 58.4 Å². The zero-order chi connectivity index (χ0) is 10.6. The van der Waals surface area contributed by atoms with Crippen molar-refractivity contribution >= 4 is 17.7 Å². The maximum Gasteiger partial charge on any atom is 0.235 e. The molecule has 0 aromatic rings. The van der Waals surface area contributed by atoms with Crippen molar-refractivity contribution in [2.24, 2.45) is 5.84 Å². The van der Waals surface area contributed by atoms with Gasteiger partial charge in [0.05, 0.1) is 0 Å². The van der Waals surface area contributed by atoms with Crippen molar-refractivity contribution < 1.29 is 4.79 Å². The second-order valence-electron chi connectivity index (χ2n) is 3.67. The molecule has 1 rings (SSSR count). The van der Waals surface area contributed by atoms with Crippen LogP contribution in [0.15, 0.2) is 0 Å². The minimum atomic E-state index is -0.0805. The molecule has 0 saturated carbocycles. The minimum absolute atomic E-state index is 0.0805. The molecule has 1 aliphatic rings. The smallest absolute Gasteiger partial charge is 0.235 e. The molecular weight excluding hydrogens is 198 g/mol. The molecule has 0 aromatic heterocycles. The van der Waals surface area contributed by atoms with Crippen molar-refractivity contribution in [2.45, 2.75) is 31.6 Å². The normalized spacial score (nSPS) is 28.8. The molecule has 1 saturated heterocycles. The van der Waals surface area contributed by atoms with E-state index in [0.717, 1.165) is 18.8 Å². The molecule has 5 heteroatoms. The van der Waals surface area contributed by atoms with Crippen LogP contribution in [-0.2, 0) is 4.79 Å². The van der Waals surface area contributed by atoms with E-state index in [1.165, 1.54) is 0 Å². The van der Waals surface area contributed by atoms with Gasteiger partial charge in [-0.05, 0) is 6.92 Å². The molecule has 0 aliphatic carbocycles. The van der Waals surface area contributed by atoms with Gasteiger partial charge >= 0.3 is 0 Å². The molecule has 2 unspecified atom stereocenters. The van der Waals surface area contributed by atoms with Gasteiger partial charge in [-0.3, -0.25) is 15.1 Å². The van der Waals surface area contributed by atoms with Gasteiger partial charge in [0.2, 0.25) is 5.91 Å². The van der Waals surface area contributed by atoms with E-state index < -0.39 is 0 Å². The number of thioether (sulfide) groups is 1. The van der Waals surface area contributed by atoms with Gasteiger partial charge in [-0.25, -0.2) is 5.84 Å². The van der Waals surface area contributed by atoms with Crippen LogP contribution in [0.25, 0.3) is 0 Å². The maximum atomic E-state index is 11.0. The third-order valence-electron chi connectivity index (χ3n) is 2.80. The Labute approximate surface area is 89.6 Å². The van der Waals surface area contributed by atoms with Crippen molar-refractivity contribution in [3.63, 3.8) is 0 Å². The van der Waals surface area contributed by atoms with E-state index in [1.807, 2.05) is 11.8 Å². The highest BCUT2D eigenvalue weighted by Gasteiger charge is 2.24. The van der Waals surface area contributed by atoms with E-state index in [9.17, 15) is 4.79 Å². The maximum absolute atomic E-state index is 11.0. The quantitative estimate of drug-likeness (QED) is 0.402. The molecule has 2 atom stereocenters. The molecule has 82 valence electrons. The van der Waals surface area contributed by atoms with Crippen molar-refractivity contribution in [1.82, 2.24) is 10.3 Å². The number of carbonyl (C=O) groups is 1. The first-order chi connectivity index (χ1) is 6.65. The van der Waals surface area contributed by atoms with E-state index in [4.69, 9.17) is 5.84 Å². The van der Waals surface area contributed by atoms with Gasteiger partial charge in [0.25, 0.3) is 0 Å². The lowest BCUT2D eigenvalue weighted by molar-refractivity contribution is -0.121. The molecule has 0 spiro atoms. The van der Waals surface area contributed by atoms with E-state index in [2.05, 4.69) is 24.2 Å². The molecule has 1 amide bonds. The van der Waals surface area contributed by atoms with E-state index in [-0.39, 0.29) is 5.91 Å². The van der Waals surface area contributed by atoms with Crippen LogP contribution in [0.2, 0.25) is 0 Å². The van der Waals surface area contributed by atoms with Crippen molar-refractivity contribution in [3.05, 3.63) is 0 Å². The fraction of sp³-hybridized carbons (Fsp3) is 0.889. The lowest BCUT2D eigenvalue weighted by Crippen LogP contribution is -2.46. The Morgan fingerprint density at radius 3 is 3.00 bits per heavy atom. The molecule has 4 nitrogen and oxygen atoms in total. The fourth-order valence-electron chi connectivity index (χ4n) is 1.63. The molecule has 14 heavy (non-hydrogen) atoms. The number of amides is 1. The van der Waals surface area contributed by atoms with Gasteiger partial charge in [-0.2, -0.15) is 11.8 Å². The Hall–Kier alpha value is -0.260. The number of nitrogens with one attached hydrogen (secondary N) is 1. The van der Waals surface area contributed by atoms with Crippen LogP contribution in [0.5, 0.6) is 0 Å². The molecule has 1 heterocycles. The summed E-state index contributed by atoms with van der Waals surface area (Å²) in [7, 11) is 0. The molecule has 0 bridgehead atoms. The van der Waals surface area contributed by atoms with Crippen LogP contribution in [0.1, 0.15) is 20.3 Å². The Kier molecular flexibility index (Phi) is 4.71. The number of nitrogens with zero attached hydrogens (tertiary/aromatic N) is 1. The van der Waals surface area contributed by atoms with Crippen LogP contribution in [0, 0.1) is 0 Å².